The van der Waals surface area contributed by atoms with Crippen LogP contribution >= 0.6 is 12.2 Å². The first-order valence-corrected chi connectivity index (χ1v) is 10.4. The Balaban J connectivity index is 0. The zero-order valence-electron chi connectivity index (χ0n) is 15.4. The van der Waals surface area contributed by atoms with E-state index in [9.17, 15) is 0 Å². The van der Waals surface area contributed by atoms with E-state index in [2.05, 4.69) is 19.1 Å². The van der Waals surface area contributed by atoms with Crippen molar-refractivity contribution in [2.75, 3.05) is 0 Å². The molecule has 0 heterocycles. The summed E-state index contributed by atoms with van der Waals surface area (Å²) >= 11 is 4.66. The Morgan fingerprint density at radius 1 is 0.565 bits per heavy atom. The molecule has 142 valence electrons. The van der Waals surface area contributed by atoms with Gasteiger partial charge in [0.2, 0.25) is 0 Å². The van der Waals surface area contributed by atoms with Gasteiger partial charge < -0.3 is 5.11 Å². The fourth-order valence-electron chi connectivity index (χ4n) is 3.00. The van der Waals surface area contributed by atoms with E-state index in [1.54, 1.807) is 0 Å². The van der Waals surface area contributed by atoms with Crippen molar-refractivity contribution >= 4 is 17.3 Å². The zero-order valence-corrected chi connectivity index (χ0v) is 17.2. The minimum absolute atomic E-state index is 0. The van der Waals surface area contributed by atoms with Gasteiger partial charge in [-0.1, -0.05) is 110 Å². The van der Waals surface area contributed by atoms with Gasteiger partial charge in [-0.05, 0) is 18.6 Å². The molecule has 0 spiro atoms. The first kappa shape index (κ1) is 25.6. The van der Waals surface area contributed by atoms with Crippen molar-refractivity contribution in [3.05, 3.63) is 0 Å². The first-order chi connectivity index (χ1) is 10.8. The Morgan fingerprint density at radius 2 is 0.826 bits per heavy atom. The predicted molar refractivity (Wildman–Crippen MR) is 104 cm³/mol. The summed E-state index contributed by atoms with van der Waals surface area (Å²) in [7, 11) is 0. The normalized spacial score (nSPS) is 10.5. The molecule has 0 rings (SSSR count). The molecule has 0 aliphatic rings. The molecule has 0 aliphatic heterocycles. The Hall–Kier alpha value is 0.384. The molecule has 0 fully saturated rings. The molecule has 0 aliphatic carbocycles. The first-order valence-electron chi connectivity index (χ1n) is 9.99. The average Bonchev–Trinajstić information content (AvgIpc) is 2.50. The van der Waals surface area contributed by atoms with Gasteiger partial charge >= 0.3 is 0 Å². The molecule has 0 unspecified atom stereocenters. The van der Waals surface area contributed by atoms with Gasteiger partial charge in [-0.15, -0.1) is 0 Å². The smallest absolute Gasteiger partial charge is 0.156 e. The van der Waals surface area contributed by atoms with Crippen molar-refractivity contribution in [2.24, 2.45) is 0 Å². The Morgan fingerprint density at radius 3 is 1.09 bits per heavy atom. The third-order valence-corrected chi connectivity index (χ3v) is 4.70. The van der Waals surface area contributed by atoms with E-state index in [1.807, 2.05) is 0 Å². The second kappa shape index (κ2) is 22.4. The maximum atomic E-state index is 8.91. The number of unbranched alkanes of at least 4 members (excludes halogenated alkanes) is 16. The van der Waals surface area contributed by atoms with Crippen molar-refractivity contribution in [1.82, 2.24) is 0 Å². The largest absolute Gasteiger partial charge is 0.502 e. The standard InChI is InChI=1S/C20H40OS.Ni/c1-2-3-4-5-6-7-8-9-10-11-12-13-14-15-16-17-18-19-20(21)22;/h2-19H2,1H3,(H,21,22);. The number of rotatable bonds is 18. The molecule has 1 nitrogen and oxygen atoms in total. The fraction of sp³-hybridized carbons (Fsp3) is 0.950. The van der Waals surface area contributed by atoms with Crippen molar-refractivity contribution < 1.29 is 21.6 Å². The summed E-state index contributed by atoms with van der Waals surface area (Å²) in [6, 6.07) is 0. The van der Waals surface area contributed by atoms with Crippen LogP contribution in [0.3, 0.4) is 0 Å². The number of aliphatic hydroxyl groups excluding tert-OH is 1. The van der Waals surface area contributed by atoms with Crippen molar-refractivity contribution in [1.29, 1.82) is 0 Å². The van der Waals surface area contributed by atoms with Crippen LogP contribution in [0, 0.1) is 0 Å². The summed E-state index contributed by atoms with van der Waals surface area (Å²) in [5, 5.41) is 9.09. The molecule has 0 aromatic rings. The quantitative estimate of drug-likeness (QED) is 0.146. The maximum absolute atomic E-state index is 8.91. The van der Waals surface area contributed by atoms with Crippen LogP contribution in [-0.2, 0) is 16.5 Å². The molecule has 0 bridgehead atoms. The van der Waals surface area contributed by atoms with E-state index in [0.29, 0.717) is 6.42 Å². The Kier molecular flexibility index (Phi) is 24.9. The molecular formula is C20H40NiOS. The van der Waals surface area contributed by atoms with E-state index in [0.717, 1.165) is 6.42 Å². The molecule has 0 saturated heterocycles. The molecule has 0 amide bonds. The van der Waals surface area contributed by atoms with Crippen molar-refractivity contribution in [2.45, 2.75) is 122 Å². The van der Waals surface area contributed by atoms with Gasteiger partial charge in [-0.3, -0.25) is 0 Å². The minimum Gasteiger partial charge on any atom is -0.502 e. The SMILES string of the molecule is CCCCCCCCCCCCCCCCCCCC(O)=S.[Ni]. The third kappa shape index (κ3) is 24.8. The van der Waals surface area contributed by atoms with Crippen LogP contribution in [0.25, 0.3) is 0 Å². The maximum Gasteiger partial charge on any atom is 0.156 e. The summed E-state index contributed by atoms with van der Waals surface area (Å²) in [5.41, 5.74) is 0. The van der Waals surface area contributed by atoms with Crippen LogP contribution in [0.5, 0.6) is 0 Å². The number of hydrogen-bond acceptors (Lipinski definition) is 1. The molecule has 3 heteroatoms. The summed E-state index contributed by atoms with van der Waals surface area (Å²) in [4.78, 5) is 0. The minimum atomic E-state index is 0. The zero-order chi connectivity index (χ0) is 16.3. The molecular weight excluding hydrogens is 347 g/mol. The summed E-state index contributed by atoms with van der Waals surface area (Å²) < 4.78 is 0. The summed E-state index contributed by atoms with van der Waals surface area (Å²) in [6.45, 7) is 2.28. The van der Waals surface area contributed by atoms with E-state index in [4.69, 9.17) is 5.11 Å². The van der Waals surface area contributed by atoms with Crippen LogP contribution in [0.2, 0.25) is 0 Å². The van der Waals surface area contributed by atoms with Crippen LogP contribution < -0.4 is 0 Å². The topological polar surface area (TPSA) is 20.2 Å². The monoisotopic (exact) mass is 386 g/mol. The van der Waals surface area contributed by atoms with Gasteiger partial charge in [0.15, 0.2) is 5.05 Å². The molecule has 0 atom stereocenters. The van der Waals surface area contributed by atoms with E-state index in [1.165, 1.54) is 103 Å². The van der Waals surface area contributed by atoms with Gasteiger partial charge in [0.1, 0.15) is 0 Å². The van der Waals surface area contributed by atoms with Crippen molar-refractivity contribution in [3.63, 3.8) is 0 Å². The van der Waals surface area contributed by atoms with E-state index >= 15 is 0 Å². The Labute approximate surface area is 161 Å². The second-order valence-corrected chi connectivity index (χ2v) is 7.27. The predicted octanol–water partition coefficient (Wildman–Crippen LogP) is 7.91. The van der Waals surface area contributed by atoms with Gasteiger partial charge in [-0.2, -0.15) is 0 Å². The molecule has 0 radical (unpaired) electrons. The molecule has 0 aromatic heterocycles. The third-order valence-electron chi connectivity index (χ3n) is 4.49. The van der Waals surface area contributed by atoms with Crippen molar-refractivity contribution in [3.8, 4) is 0 Å². The Bertz CT molecular complexity index is 234. The molecule has 23 heavy (non-hydrogen) atoms. The molecule has 1 N–H and O–H groups in total. The van der Waals surface area contributed by atoms with E-state index < -0.39 is 0 Å². The summed E-state index contributed by atoms with van der Waals surface area (Å²) in [6.07, 6.45) is 24.3. The van der Waals surface area contributed by atoms with Gasteiger partial charge in [-0.25, -0.2) is 0 Å². The van der Waals surface area contributed by atoms with Crippen LogP contribution in [0.15, 0.2) is 0 Å². The molecule has 0 saturated carbocycles. The number of hydrogen-bond donors (Lipinski definition) is 1. The van der Waals surface area contributed by atoms with Crippen LogP contribution in [-0.4, -0.2) is 10.2 Å². The fourth-order valence-corrected chi connectivity index (χ4v) is 3.15. The van der Waals surface area contributed by atoms with E-state index in [-0.39, 0.29) is 21.5 Å². The summed E-state index contributed by atoms with van der Waals surface area (Å²) in [5.74, 6) is 0. The van der Waals surface area contributed by atoms with Gasteiger partial charge in [0, 0.05) is 22.9 Å². The van der Waals surface area contributed by atoms with Crippen LogP contribution in [0.4, 0.5) is 0 Å². The number of aliphatic hydroxyl groups is 1. The molecule has 0 aromatic carbocycles. The second-order valence-electron chi connectivity index (χ2n) is 6.80. The van der Waals surface area contributed by atoms with Gasteiger partial charge in [0.25, 0.3) is 0 Å². The van der Waals surface area contributed by atoms with Gasteiger partial charge in [0.05, 0.1) is 0 Å². The van der Waals surface area contributed by atoms with Crippen LogP contribution in [0.1, 0.15) is 122 Å². The average molecular weight is 387 g/mol. The number of thiocarbonyl (C=S) groups is 1.